The number of fused-ring (bicyclic) bond motifs is 5. The number of hydrogen-bond acceptors (Lipinski definition) is 0. The molecule has 0 radical (unpaired) electrons. The molecule has 0 nitrogen and oxygen atoms in total. The minimum absolute atomic E-state index is 0.974. The largest absolute Gasteiger partial charge is 0.0622 e. The van der Waals surface area contributed by atoms with Crippen LogP contribution in [0.4, 0.5) is 0 Å². The monoisotopic (exact) mass is 522 g/mol. The van der Waals surface area contributed by atoms with Crippen molar-refractivity contribution in [3.8, 4) is 44.5 Å². The van der Waals surface area contributed by atoms with Gasteiger partial charge in [0.05, 0.1) is 0 Å². The van der Waals surface area contributed by atoms with Crippen molar-refractivity contribution in [1.29, 1.82) is 0 Å². The molecule has 41 heavy (non-hydrogen) atoms. The maximum Gasteiger partial charge on any atom is -0.000718 e. The predicted octanol–water partition coefficient (Wildman–Crippen LogP) is 11.2. The van der Waals surface area contributed by atoms with Crippen LogP contribution in [0.1, 0.15) is 22.3 Å². The van der Waals surface area contributed by atoms with Gasteiger partial charge in [-0.05, 0) is 121 Å². The van der Waals surface area contributed by atoms with E-state index in [0.29, 0.717) is 0 Å². The third-order valence-corrected chi connectivity index (χ3v) is 9.07. The van der Waals surface area contributed by atoms with Crippen molar-refractivity contribution in [1.82, 2.24) is 0 Å². The second kappa shape index (κ2) is 9.32. The zero-order valence-corrected chi connectivity index (χ0v) is 23.4. The highest BCUT2D eigenvalue weighted by Gasteiger charge is 2.26. The van der Waals surface area contributed by atoms with Gasteiger partial charge >= 0.3 is 0 Å². The molecule has 0 heteroatoms. The van der Waals surface area contributed by atoms with Crippen LogP contribution in [0.2, 0.25) is 0 Å². The summed E-state index contributed by atoms with van der Waals surface area (Å²) >= 11 is 0. The maximum absolute atomic E-state index is 2.40. The molecule has 0 amide bonds. The van der Waals surface area contributed by atoms with E-state index in [1.807, 2.05) is 0 Å². The van der Waals surface area contributed by atoms with Crippen molar-refractivity contribution >= 4 is 21.5 Å². The number of aryl methyl sites for hydroxylation is 1. The number of rotatable bonds is 3. The van der Waals surface area contributed by atoms with E-state index in [0.717, 1.165) is 6.42 Å². The van der Waals surface area contributed by atoms with Crippen LogP contribution in [0.5, 0.6) is 0 Å². The van der Waals surface area contributed by atoms with Crippen molar-refractivity contribution in [2.45, 2.75) is 20.3 Å². The van der Waals surface area contributed by atoms with Crippen LogP contribution in [-0.2, 0) is 6.42 Å². The fourth-order valence-corrected chi connectivity index (χ4v) is 6.97. The molecule has 0 spiro atoms. The molecule has 8 rings (SSSR count). The third-order valence-electron chi connectivity index (χ3n) is 9.07. The topological polar surface area (TPSA) is 0 Å². The van der Waals surface area contributed by atoms with Gasteiger partial charge in [0.2, 0.25) is 0 Å². The molecule has 1 aliphatic rings. The molecule has 0 atom stereocenters. The highest BCUT2D eigenvalue weighted by Crippen LogP contribution is 2.49. The summed E-state index contributed by atoms with van der Waals surface area (Å²) in [5.74, 6) is 0. The smallest absolute Gasteiger partial charge is 0.000718 e. The molecular formula is C41H30. The quantitative estimate of drug-likeness (QED) is 0.202. The van der Waals surface area contributed by atoms with Crippen LogP contribution in [0.15, 0.2) is 133 Å². The van der Waals surface area contributed by atoms with E-state index >= 15 is 0 Å². The molecule has 0 bridgehead atoms. The Kier molecular flexibility index (Phi) is 5.43. The third kappa shape index (κ3) is 3.75. The van der Waals surface area contributed by atoms with E-state index in [-0.39, 0.29) is 0 Å². The summed E-state index contributed by atoms with van der Waals surface area (Å²) < 4.78 is 0. The lowest BCUT2D eigenvalue weighted by atomic mass is 9.82. The van der Waals surface area contributed by atoms with Gasteiger partial charge in [0.15, 0.2) is 0 Å². The van der Waals surface area contributed by atoms with Gasteiger partial charge in [-0.15, -0.1) is 0 Å². The lowest BCUT2D eigenvalue weighted by Crippen LogP contribution is -1.98. The summed E-state index contributed by atoms with van der Waals surface area (Å²) in [5, 5.41) is 5.11. The van der Waals surface area contributed by atoms with Gasteiger partial charge in [-0.1, -0.05) is 121 Å². The molecule has 0 N–H and O–H groups in total. The van der Waals surface area contributed by atoms with Gasteiger partial charge < -0.3 is 0 Å². The van der Waals surface area contributed by atoms with Crippen LogP contribution in [-0.4, -0.2) is 0 Å². The first-order chi connectivity index (χ1) is 20.2. The molecule has 0 heterocycles. The number of hydrogen-bond donors (Lipinski definition) is 0. The van der Waals surface area contributed by atoms with Crippen molar-refractivity contribution in [3.63, 3.8) is 0 Å². The fourth-order valence-electron chi connectivity index (χ4n) is 6.97. The molecule has 0 saturated heterocycles. The molecule has 0 saturated carbocycles. The SMILES string of the molecule is Cc1cc2c(c(-c3ccccc3-c3c(-c4ccccc4)ccc4cc5ccccc5cc34)c1C)Cc1ccccc1-2. The fraction of sp³-hybridized carbons (Fsp3) is 0.0732. The Morgan fingerprint density at radius 3 is 1.85 bits per heavy atom. The highest BCUT2D eigenvalue weighted by molar-refractivity contribution is 6.11. The average molecular weight is 523 g/mol. The summed E-state index contributed by atoms with van der Waals surface area (Å²) in [5.41, 5.74) is 16.2. The standard InChI is InChI=1S/C41H30/c1-26-22-38-33-17-9-8-16-31(33)25-39(38)40(27(26)2)35-18-10-11-19-36(35)41-34(28-12-4-3-5-13-28)21-20-32-23-29-14-6-7-15-30(29)24-37(32)41/h3-24H,25H2,1-2H3. The second-order valence-corrected chi connectivity index (χ2v) is 11.4. The van der Waals surface area contributed by atoms with E-state index in [9.17, 15) is 0 Å². The average Bonchev–Trinajstić information content (AvgIpc) is 3.38. The van der Waals surface area contributed by atoms with Gasteiger partial charge in [-0.25, -0.2) is 0 Å². The van der Waals surface area contributed by atoms with Crippen molar-refractivity contribution in [2.75, 3.05) is 0 Å². The van der Waals surface area contributed by atoms with Gasteiger partial charge in [0.1, 0.15) is 0 Å². The maximum atomic E-state index is 2.40. The summed E-state index contributed by atoms with van der Waals surface area (Å²) in [4.78, 5) is 0. The zero-order chi connectivity index (χ0) is 27.5. The molecule has 0 fully saturated rings. The van der Waals surface area contributed by atoms with Gasteiger partial charge in [-0.2, -0.15) is 0 Å². The van der Waals surface area contributed by atoms with Crippen LogP contribution in [0.25, 0.3) is 66.1 Å². The van der Waals surface area contributed by atoms with E-state index in [2.05, 4.69) is 147 Å². The second-order valence-electron chi connectivity index (χ2n) is 11.4. The molecule has 7 aromatic rings. The molecule has 0 aromatic heterocycles. The van der Waals surface area contributed by atoms with Gasteiger partial charge in [-0.3, -0.25) is 0 Å². The first kappa shape index (κ1) is 23.9. The Balaban J connectivity index is 1.48. The molecule has 0 unspecified atom stereocenters. The molecule has 194 valence electrons. The van der Waals surface area contributed by atoms with Gasteiger partial charge in [0, 0.05) is 0 Å². The zero-order valence-electron chi connectivity index (χ0n) is 23.4. The van der Waals surface area contributed by atoms with Crippen molar-refractivity contribution < 1.29 is 0 Å². The normalized spacial score (nSPS) is 12.0. The molecule has 1 aliphatic carbocycles. The van der Waals surface area contributed by atoms with Crippen LogP contribution in [0, 0.1) is 13.8 Å². The summed E-state index contributed by atoms with van der Waals surface area (Å²) in [6.07, 6.45) is 0.974. The van der Waals surface area contributed by atoms with Gasteiger partial charge in [0.25, 0.3) is 0 Å². The minimum Gasteiger partial charge on any atom is -0.0622 e. The van der Waals surface area contributed by atoms with Crippen molar-refractivity contribution in [2.24, 2.45) is 0 Å². The van der Waals surface area contributed by atoms with E-state index < -0.39 is 0 Å². The Hall–Kier alpha value is -4.94. The first-order valence-corrected chi connectivity index (χ1v) is 14.5. The Morgan fingerprint density at radius 2 is 1.07 bits per heavy atom. The Bertz CT molecular complexity index is 2130. The molecular weight excluding hydrogens is 492 g/mol. The van der Waals surface area contributed by atoms with Crippen LogP contribution >= 0.6 is 0 Å². The first-order valence-electron chi connectivity index (χ1n) is 14.5. The lowest BCUT2D eigenvalue weighted by Gasteiger charge is -2.22. The highest BCUT2D eigenvalue weighted by atomic mass is 14.3. The summed E-state index contributed by atoms with van der Waals surface area (Å²) in [6.45, 7) is 4.57. The van der Waals surface area contributed by atoms with E-state index in [1.54, 1.807) is 0 Å². The lowest BCUT2D eigenvalue weighted by molar-refractivity contribution is 1.23. The van der Waals surface area contributed by atoms with E-state index in [4.69, 9.17) is 0 Å². The van der Waals surface area contributed by atoms with E-state index in [1.165, 1.54) is 88.3 Å². The summed E-state index contributed by atoms with van der Waals surface area (Å²) in [7, 11) is 0. The number of benzene rings is 7. The predicted molar refractivity (Wildman–Crippen MR) is 175 cm³/mol. The Morgan fingerprint density at radius 1 is 0.439 bits per heavy atom. The Labute approximate surface area is 241 Å². The minimum atomic E-state index is 0.974. The van der Waals surface area contributed by atoms with Crippen LogP contribution < -0.4 is 0 Å². The van der Waals surface area contributed by atoms with Crippen molar-refractivity contribution in [3.05, 3.63) is 156 Å². The van der Waals surface area contributed by atoms with Crippen LogP contribution in [0.3, 0.4) is 0 Å². The summed E-state index contributed by atoms with van der Waals surface area (Å²) in [6, 6.07) is 49.3. The molecule has 0 aliphatic heterocycles. The molecule has 7 aromatic carbocycles.